The van der Waals surface area contributed by atoms with E-state index >= 15 is 0 Å². The van der Waals surface area contributed by atoms with Gasteiger partial charge >= 0.3 is 0 Å². The molecule has 0 fully saturated rings. The maximum Gasteiger partial charge on any atom is 0.220 e. The molecule has 3 rings (SSSR count). The maximum absolute atomic E-state index is 11.9. The number of nitrogens with one attached hydrogen (secondary N) is 1. The summed E-state index contributed by atoms with van der Waals surface area (Å²) in [5.41, 5.74) is 1.04. The zero-order chi connectivity index (χ0) is 19.1. The van der Waals surface area contributed by atoms with E-state index in [4.69, 9.17) is 0 Å². The number of carbonyl (C=O) groups excluding carboxylic acids is 1. The summed E-state index contributed by atoms with van der Waals surface area (Å²) in [6.45, 7) is 4.10. The minimum atomic E-state index is 0.119. The van der Waals surface area contributed by atoms with E-state index in [0.29, 0.717) is 6.42 Å². The summed E-state index contributed by atoms with van der Waals surface area (Å²) in [4.78, 5) is 13.0. The van der Waals surface area contributed by atoms with Crippen molar-refractivity contribution >= 4 is 29.0 Å². The molecule has 0 radical (unpaired) electrons. The quantitative estimate of drug-likeness (QED) is 0.415. The van der Waals surface area contributed by atoms with Gasteiger partial charge in [0.15, 0.2) is 11.0 Å². The Kier molecular flexibility index (Phi) is 7.06. The third-order valence-electron chi connectivity index (χ3n) is 4.19. The topological polar surface area (TPSA) is 59.8 Å². The van der Waals surface area contributed by atoms with E-state index in [9.17, 15) is 4.79 Å². The standard InChI is InChI=1S/C20H24N4OS2/c1-3-15(2)21-18(25)12-8-14-27-20-23-22-19(17-11-7-13-26-17)24(20)16-9-5-4-6-10-16/h4-7,9-11,13,15H,3,8,12,14H2,1-2H3,(H,21,25). The Morgan fingerprint density at radius 3 is 2.74 bits per heavy atom. The van der Waals surface area contributed by atoms with Crippen LogP contribution in [-0.4, -0.2) is 32.5 Å². The molecule has 0 aliphatic rings. The van der Waals surface area contributed by atoms with Crippen LogP contribution in [0.1, 0.15) is 33.1 Å². The highest BCUT2D eigenvalue weighted by molar-refractivity contribution is 7.99. The Balaban J connectivity index is 1.68. The molecule has 27 heavy (non-hydrogen) atoms. The van der Waals surface area contributed by atoms with Crippen molar-refractivity contribution < 1.29 is 4.79 Å². The van der Waals surface area contributed by atoms with Crippen LogP contribution in [0.4, 0.5) is 0 Å². The van der Waals surface area contributed by atoms with E-state index in [1.165, 1.54) is 0 Å². The Bertz CT molecular complexity index is 846. The first kappa shape index (κ1) is 19.6. The maximum atomic E-state index is 11.9. The average molecular weight is 401 g/mol. The summed E-state index contributed by atoms with van der Waals surface area (Å²) in [6, 6.07) is 14.5. The first-order valence-corrected chi connectivity index (χ1v) is 11.0. The lowest BCUT2D eigenvalue weighted by molar-refractivity contribution is -0.121. The number of rotatable bonds is 9. The fourth-order valence-corrected chi connectivity index (χ4v) is 4.17. The Labute approximate surface area is 168 Å². The zero-order valence-corrected chi connectivity index (χ0v) is 17.2. The molecule has 1 unspecified atom stereocenters. The van der Waals surface area contributed by atoms with Crippen LogP contribution in [0.3, 0.4) is 0 Å². The van der Waals surface area contributed by atoms with E-state index in [1.54, 1.807) is 23.1 Å². The molecule has 3 aromatic rings. The molecule has 1 amide bonds. The number of benzene rings is 1. The van der Waals surface area contributed by atoms with Crippen LogP contribution in [0.5, 0.6) is 0 Å². The number of nitrogens with zero attached hydrogens (tertiary/aromatic N) is 3. The fourth-order valence-electron chi connectivity index (χ4n) is 2.58. The monoisotopic (exact) mass is 400 g/mol. The predicted molar refractivity (Wildman–Crippen MR) is 113 cm³/mol. The molecule has 0 aliphatic carbocycles. The Morgan fingerprint density at radius 1 is 1.22 bits per heavy atom. The van der Waals surface area contributed by atoms with E-state index < -0.39 is 0 Å². The highest BCUT2D eigenvalue weighted by Gasteiger charge is 2.16. The molecule has 5 nitrogen and oxygen atoms in total. The van der Waals surface area contributed by atoms with E-state index in [1.807, 2.05) is 36.6 Å². The highest BCUT2D eigenvalue weighted by Crippen LogP contribution is 2.30. The zero-order valence-electron chi connectivity index (χ0n) is 15.6. The van der Waals surface area contributed by atoms with Crippen molar-refractivity contribution in [2.24, 2.45) is 0 Å². The lowest BCUT2D eigenvalue weighted by Crippen LogP contribution is -2.31. The summed E-state index contributed by atoms with van der Waals surface area (Å²) >= 11 is 3.29. The molecular weight excluding hydrogens is 376 g/mol. The van der Waals surface area contributed by atoms with Crippen molar-refractivity contribution in [3.63, 3.8) is 0 Å². The third kappa shape index (κ3) is 5.20. The summed E-state index contributed by atoms with van der Waals surface area (Å²) < 4.78 is 2.09. The van der Waals surface area contributed by atoms with Crippen molar-refractivity contribution in [1.29, 1.82) is 0 Å². The molecule has 2 aromatic heterocycles. The minimum Gasteiger partial charge on any atom is -0.354 e. The molecule has 7 heteroatoms. The first-order chi connectivity index (χ1) is 13.2. The van der Waals surface area contributed by atoms with Gasteiger partial charge in [0.1, 0.15) is 0 Å². The lowest BCUT2D eigenvalue weighted by atomic mass is 10.2. The number of thiophene rings is 1. The molecule has 2 heterocycles. The summed E-state index contributed by atoms with van der Waals surface area (Å²) in [5, 5.41) is 14.7. The normalized spacial score (nSPS) is 12.1. The molecule has 142 valence electrons. The van der Waals surface area contributed by atoms with Crippen LogP contribution in [0.25, 0.3) is 16.4 Å². The first-order valence-electron chi connectivity index (χ1n) is 9.16. The number of aromatic nitrogens is 3. The van der Waals surface area contributed by atoms with E-state index in [0.717, 1.165) is 40.1 Å². The van der Waals surface area contributed by atoms with E-state index in [2.05, 4.69) is 45.2 Å². The van der Waals surface area contributed by atoms with Gasteiger partial charge in [0, 0.05) is 23.9 Å². The fraction of sp³-hybridized carbons (Fsp3) is 0.350. The van der Waals surface area contributed by atoms with Gasteiger partial charge in [-0.3, -0.25) is 9.36 Å². The van der Waals surface area contributed by atoms with E-state index in [-0.39, 0.29) is 11.9 Å². The van der Waals surface area contributed by atoms with Crippen LogP contribution in [0.15, 0.2) is 53.0 Å². The van der Waals surface area contributed by atoms with Gasteiger partial charge < -0.3 is 5.32 Å². The molecule has 0 saturated carbocycles. The molecule has 1 aromatic carbocycles. The molecule has 0 saturated heterocycles. The molecule has 1 atom stereocenters. The third-order valence-corrected chi connectivity index (χ3v) is 6.07. The summed E-state index contributed by atoms with van der Waals surface area (Å²) in [6.07, 6.45) is 2.30. The van der Waals surface area contributed by atoms with Gasteiger partial charge in [0.05, 0.1) is 4.88 Å². The van der Waals surface area contributed by atoms with Crippen molar-refractivity contribution in [3.8, 4) is 16.4 Å². The number of thioether (sulfide) groups is 1. The van der Waals surface area contributed by atoms with Crippen LogP contribution < -0.4 is 5.32 Å². The second-order valence-electron chi connectivity index (χ2n) is 6.28. The van der Waals surface area contributed by atoms with Gasteiger partial charge in [-0.2, -0.15) is 0 Å². The molecule has 0 aliphatic heterocycles. The highest BCUT2D eigenvalue weighted by atomic mass is 32.2. The van der Waals surface area contributed by atoms with Crippen LogP contribution in [-0.2, 0) is 4.79 Å². The smallest absolute Gasteiger partial charge is 0.220 e. The van der Waals surface area contributed by atoms with Crippen molar-refractivity contribution in [2.45, 2.75) is 44.3 Å². The van der Waals surface area contributed by atoms with Crippen LogP contribution >= 0.6 is 23.1 Å². The van der Waals surface area contributed by atoms with Gasteiger partial charge in [-0.1, -0.05) is 43.0 Å². The van der Waals surface area contributed by atoms with Gasteiger partial charge in [0.2, 0.25) is 5.91 Å². The van der Waals surface area contributed by atoms with Gasteiger partial charge in [-0.15, -0.1) is 21.5 Å². The second kappa shape index (κ2) is 9.71. The number of para-hydroxylation sites is 1. The van der Waals surface area contributed by atoms with Gasteiger partial charge in [-0.05, 0) is 43.3 Å². The molecule has 0 bridgehead atoms. The molecule has 0 spiro atoms. The SMILES string of the molecule is CCC(C)NC(=O)CCCSc1nnc(-c2cccs2)n1-c1ccccc1. The van der Waals surface area contributed by atoms with Crippen LogP contribution in [0.2, 0.25) is 0 Å². The molecule has 1 N–H and O–H groups in total. The average Bonchev–Trinajstić information content (AvgIpc) is 3.35. The van der Waals surface area contributed by atoms with Gasteiger partial charge in [-0.25, -0.2) is 0 Å². The Hall–Kier alpha value is -2.12. The van der Waals surface area contributed by atoms with Crippen molar-refractivity contribution in [1.82, 2.24) is 20.1 Å². The second-order valence-corrected chi connectivity index (χ2v) is 8.29. The number of amides is 1. The minimum absolute atomic E-state index is 0.119. The predicted octanol–water partition coefficient (Wildman–Crippen LogP) is 4.78. The summed E-state index contributed by atoms with van der Waals surface area (Å²) in [7, 11) is 0. The van der Waals surface area contributed by atoms with Crippen LogP contribution in [0, 0.1) is 0 Å². The number of carbonyl (C=O) groups is 1. The Morgan fingerprint density at radius 2 is 2.04 bits per heavy atom. The van der Waals surface area contributed by atoms with Crippen molar-refractivity contribution in [3.05, 3.63) is 47.8 Å². The van der Waals surface area contributed by atoms with Gasteiger partial charge in [0.25, 0.3) is 0 Å². The number of hydrogen-bond donors (Lipinski definition) is 1. The lowest BCUT2D eigenvalue weighted by Gasteiger charge is -2.11. The number of hydrogen-bond acceptors (Lipinski definition) is 5. The van der Waals surface area contributed by atoms with Crippen molar-refractivity contribution in [2.75, 3.05) is 5.75 Å². The summed E-state index contributed by atoms with van der Waals surface area (Å²) in [5.74, 6) is 1.80. The largest absolute Gasteiger partial charge is 0.354 e. The molecular formula is C20H24N4OS2.